The molecule has 3 heterocycles. The third kappa shape index (κ3) is 2.56. The maximum Gasteiger partial charge on any atom is 0.361 e. The molecule has 1 aliphatic rings. The van der Waals surface area contributed by atoms with Crippen LogP contribution in [0, 0.1) is 0 Å². The lowest BCUT2D eigenvalue weighted by Gasteiger charge is -1.90. The van der Waals surface area contributed by atoms with E-state index in [2.05, 4.69) is 16.0 Å². The predicted octanol–water partition coefficient (Wildman–Crippen LogP) is 1.34. The molecule has 1 N–H and O–H groups in total. The number of rotatable bonds is 1. The van der Waals surface area contributed by atoms with Gasteiger partial charge in [0.2, 0.25) is 5.55 Å². The fourth-order valence-electron chi connectivity index (χ4n) is 1.85. The Balaban J connectivity index is 2.09. The fraction of sp³-hybridized carbons (Fsp3) is 0.143. The number of oxazole rings is 1. The number of thioether (sulfide) groups is 1. The molecular weight excluding hydrogens is 260 g/mol. The van der Waals surface area contributed by atoms with Gasteiger partial charge in [0, 0.05) is 18.8 Å². The van der Waals surface area contributed by atoms with E-state index in [0.717, 1.165) is 16.9 Å². The Morgan fingerprint density at radius 2 is 2.42 bits per heavy atom. The Kier molecular flexibility index (Phi) is 3.13. The Morgan fingerprint density at radius 3 is 3.11 bits per heavy atom. The summed E-state index contributed by atoms with van der Waals surface area (Å²) in [5, 5.41) is 0.445. The highest BCUT2D eigenvalue weighted by molar-refractivity contribution is 8.11. The van der Waals surface area contributed by atoms with Crippen LogP contribution in [0.1, 0.15) is 18.9 Å². The van der Waals surface area contributed by atoms with Gasteiger partial charge in [-0.25, -0.2) is 4.79 Å². The van der Waals surface area contributed by atoms with Crippen molar-refractivity contribution in [3.8, 4) is 0 Å². The van der Waals surface area contributed by atoms with E-state index in [1.54, 1.807) is 30.2 Å². The minimum Gasteiger partial charge on any atom is -0.404 e. The number of H-pyrrole nitrogens is 1. The van der Waals surface area contributed by atoms with Crippen LogP contribution >= 0.6 is 11.8 Å². The summed E-state index contributed by atoms with van der Waals surface area (Å²) in [5.74, 6) is 0. The summed E-state index contributed by atoms with van der Waals surface area (Å²) in [6.45, 7) is 2.04. The number of allylic oxidation sites excluding steroid dienone is 2. The molecule has 1 aliphatic heterocycles. The summed E-state index contributed by atoms with van der Waals surface area (Å²) in [6, 6.07) is 3.71. The quantitative estimate of drug-likeness (QED) is 0.851. The van der Waals surface area contributed by atoms with Gasteiger partial charge >= 0.3 is 5.63 Å². The van der Waals surface area contributed by atoms with E-state index < -0.39 is 0 Å². The molecular formula is C14H12N2O2S. The summed E-state index contributed by atoms with van der Waals surface area (Å²) < 4.78 is 5.27. The molecule has 4 nitrogen and oxygen atoms in total. The third-order valence-electron chi connectivity index (χ3n) is 2.77. The Hall–Kier alpha value is -2.01. The van der Waals surface area contributed by atoms with Crippen LogP contribution < -0.4 is 16.5 Å². The van der Waals surface area contributed by atoms with Crippen molar-refractivity contribution >= 4 is 22.7 Å². The molecule has 0 aromatic carbocycles. The van der Waals surface area contributed by atoms with Crippen molar-refractivity contribution < 1.29 is 4.42 Å². The molecule has 0 radical (unpaired) electrons. The Morgan fingerprint density at radius 1 is 1.53 bits per heavy atom. The number of aromatic nitrogens is 2. The highest BCUT2D eigenvalue weighted by Gasteiger charge is 2.10. The first-order valence-electron chi connectivity index (χ1n) is 5.91. The van der Waals surface area contributed by atoms with E-state index in [9.17, 15) is 4.79 Å². The summed E-state index contributed by atoms with van der Waals surface area (Å²) in [6.07, 6.45) is 8.06. The van der Waals surface area contributed by atoms with Crippen LogP contribution in [0.2, 0.25) is 0 Å². The second-order valence-electron chi connectivity index (χ2n) is 4.23. The first-order valence-corrected chi connectivity index (χ1v) is 6.73. The van der Waals surface area contributed by atoms with Crippen molar-refractivity contribution in [1.29, 1.82) is 0 Å². The van der Waals surface area contributed by atoms with Gasteiger partial charge in [-0.1, -0.05) is 23.9 Å². The molecule has 0 aliphatic carbocycles. The minimum atomic E-state index is -0.350. The van der Waals surface area contributed by atoms with Crippen LogP contribution in [0.25, 0.3) is 11.0 Å². The number of pyridine rings is 1. The SMILES string of the molecule is CC1=CC/C(=c2\[nH]/c(=C\c3cccnc3)c(=O)o2)S1. The van der Waals surface area contributed by atoms with Crippen LogP contribution in [0.5, 0.6) is 0 Å². The van der Waals surface area contributed by atoms with Crippen LogP contribution in [0.3, 0.4) is 0 Å². The van der Waals surface area contributed by atoms with Gasteiger partial charge in [-0.2, -0.15) is 0 Å². The lowest BCUT2D eigenvalue weighted by molar-refractivity contribution is 0.484. The number of nitrogens with one attached hydrogen (secondary N) is 1. The van der Waals surface area contributed by atoms with Crippen molar-refractivity contribution in [3.05, 3.63) is 62.4 Å². The van der Waals surface area contributed by atoms with Gasteiger partial charge in [0.05, 0.1) is 4.91 Å². The molecule has 0 bridgehead atoms. The molecule has 0 saturated heterocycles. The fourth-order valence-corrected chi connectivity index (χ4v) is 2.76. The third-order valence-corrected chi connectivity index (χ3v) is 3.86. The number of hydrogen-bond donors (Lipinski definition) is 1. The van der Waals surface area contributed by atoms with Crippen molar-refractivity contribution in [1.82, 2.24) is 9.97 Å². The van der Waals surface area contributed by atoms with E-state index >= 15 is 0 Å². The molecule has 0 unspecified atom stereocenters. The maximum atomic E-state index is 11.8. The zero-order valence-corrected chi connectivity index (χ0v) is 11.2. The van der Waals surface area contributed by atoms with E-state index in [1.807, 2.05) is 19.1 Å². The minimum absolute atomic E-state index is 0.350. The van der Waals surface area contributed by atoms with Crippen LogP contribution in [0.4, 0.5) is 0 Å². The molecule has 2 aromatic heterocycles. The van der Waals surface area contributed by atoms with Gasteiger partial charge in [-0.3, -0.25) is 4.98 Å². The van der Waals surface area contributed by atoms with Crippen LogP contribution in [0.15, 0.2) is 44.7 Å². The first kappa shape index (κ1) is 12.0. The van der Waals surface area contributed by atoms with Gasteiger partial charge in [0.1, 0.15) is 5.35 Å². The predicted molar refractivity (Wildman–Crippen MR) is 75.8 cm³/mol. The number of hydrogen-bond acceptors (Lipinski definition) is 4. The van der Waals surface area contributed by atoms with Gasteiger partial charge in [0.25, 0.3) is 0 Å². The van der Waals surface area contributed by atoms with Crippen molar-refractivity contribution in [3.63, 3.8) is 0 Å². The molecule has 0 spiro atoms. The zero-order valence-electron chi connectivity index (χ0n) is 10.3. The maximum absolute atomic E-state index is 11.8. The van der Waals surface area contributed by atoms with E-state index in [4.69, 9.17) is 4.42 Å². The molecule has 96 valence electrons. The first-order chi connectivity index (χ1) is 9.22. The largest absolute Gasteiger partial charge is 0.404 e. The summed E-state index contributed by atoms with van der Waals surface area (Å²) >= 11 is 1.63. The van der Waals surface area contributed by atoms with Crippen LogP contribution in [-0.2, 0) is 0 Å². The number of nitrogens with zero attached hydrogens (tertiary/aromatic N) is 1. The van der Waals surface area contributed by atoms with Gasteiger partial charge < -0.3 is 9.40 Å². The normalized spacial score (nSPS) is 18.8. The van der Waals surface area contributed by atoms with E-state index in [1.165, 1.54) is 4.91 Å². The second kappa shape index (κ2) is 4.93. The molecule has 3 rings (SSSR count). The average molecular weight is 272 g/mol. The second-order valence-corrected chi connectivity index (χ2v) is 5.57. The molecule has 0 saturated carbocycles. The highest BCUT2D eigenvalue weighted by atomic mass is 32.2. The Labute approximate surface area is 113 Å². The zero-order chi connectivity index (χ0) is 13.2. The van der Waals surface area contributed by atoms with Gasteiger partial charge in [-0.15, -0.1) is 0 Å². The molecule has 0 atom stereocenters. The Bertz CT molecular complexity index is 800. The number of aromatic amines is 1. The molecule has 0 fully saturated rings. The lowest BCUT2D eigenvalue weighted by Crippen LogP contribution is -2.21. The average Bonchev–Trinajstić information content (AvgIpc) is 2.98. The lowest BCUT2D eigenvalue weighted by atomic mass is 10.3. The molecule has 2 aromatic rings. The topological polar surface area (TPSA) is 58.9 Å². The van der Waals surface area contributed by atoms with Crippen LogP contribution in [-0.4, -0.2) is 9.97 Å². The summed E-state index contributed by atoms with van der Waals surface area (Å²) in [7, 11) is 0. The van der Waals surface area contributed by atoms with Crippen molar-refractivity contribution in [2.45, 2.75) is 13.3 Å². The van der Waals surface area contributed by atoms with E-state index in [0.29, 0.717) is 10.9 Å². The molecule has 19 heavy (non-hydrogen) atoms. The molecule has 0 amide bonds. The summed E-state index contributed by atoms with van der Waals surface area (Å²) in [5.41, 5.74) is 1.07. The highest BCUT2D eigenvalue weighted by Crippen LogP contribution is 2.34. The molecule has 5 heteroatoms. The monoisotopic (exact) mass is 272 g/mol. The van der Waals surface area contributed by atoms with Crippen molar-refractivity contribution in [2.75, 3.05) is 0 Å². The summed E-state index contributed by atoms with van der Waals surface area (Å²) in [4.78, 5) is 21.1. The van der Waals surface area contributed by atoms with E-state index in [-0.39, 0.29) is 5.63 Å². The van der Waals surface area contributed by atoms with Gasteiger partial charge in [0.15, 0.2) is 0 Å². The van der Waals surface area contributed by atoms with Gasteiger partial charge in [-0.05, 0) is 29.5 Å². The van der Waals surface area contributed by atoms with Crippen molar-refractivity contribution in [2.24, 2.45) is 0 Å². The standard InChI is InChI=1S/C14H12N2O2S/c1-9-4-5-12(19-9)13-16-11(14(17)18-13)7-10-3-2-6-15-8-10/h2-4,6-8,16H,5H2,1H3/b11-7-,13-12-. The smallest absolute Gasteiger partial charge is 0.361 e.